The molecule has 0 amide bonds. The quantitative estimate of drug-likeness (QED) is 0.508. The molecule has 35 heavy (non-hydrogen) atoms. The van der Waals surface area contributed by atoms with E-state index in [1.807, 2.05) is 18.2 Å². The number of alkyl halides is 3. The summed E-state index contributed by atoms with van der Waals surface area (Å²) >= 11 is 0. The molecule has 2 aromatic carbocycles. The highest BCUT2D eigenvalue weighted by Crippen LogP contribution is 2.38. The molecule has 3 aromatic rings. The molecule has 1 saturated carbocycles. The van der Waals surface area contributed by atoms with Gasteiger partial charge in [-0.2, -0.15) is 13.2 Å². The molecule has 1 aliphatic heterocycles. The average Bonchev–Trinajstić information content (AvgIpc) is 3.69. The van der Waals surface area contributed by atoms with Gasteiger partial charge in [-0.25, -0.2) is 4.98 Å². The van der Waals surface area contributed by atoms with Gasteiger partial charge in [0.05, 0.1) is 23.6 Å². The topological polar surface area (TPSA) is 59.8 Å². The predicted molar refractivity (Wildman–Crippen MR) is 128 cm³/mol. The molecule has 0 saturated heterocycles. The van der Waals surface area contributed by atoms with E-state index in [0.717, 1.165) is 60.2 Å². The molecule has 1 aromatic heterocycles. The number of hydrogen-bond acceptors (Lipinski definition) is 5. The Balaban J connectivity index is 1.51. The Kier molecular flexibility index (Phi) is 6.53. The summed E-state index contributed by atoms with van der Waals surface area (Å²) in [7, 11) is 0. The zero-order valence-corrected chi connectivity index (χ0v) is 19.2. The minimum atomic E-state index is -4.36. The Hall–Kier alpha value is -2.94. The molecule has 2 N–H and O–H groups in total. The maximum atomic E-state index is 13.1. The van der Waals surface area contributed by atoms with Crippen LogP contribution < -0.4 is 4.90 Å². The first kappa shape index (κ1) is 23.8. The predicted octanol–water partition coefficient (Wildman–Crippen LogP) is 5.16. The molecule has 0 spiro atoms. The zero-order valence-electron chi connectivity index (χ0n) is 19.2. The lowest BCUT2D eigenvalue weighted by Crippen LogP contribution is -2.30. The molecule has 0 radical (unpaired) electrons. The molecule has 184 valence electrons. The van der Waals surface area contributed by atoms with Crippen LogP contribution >= 0.6 is 0 Å². The van der Waals surface area contributed by atoms with Gasteiger partial charge in [-0.05, 0) is 72.9 Å². The van der Waals surface area contributed by atoms with Crippen LogP contribution in [-0.4, -0.2) is 46.3 Å². The van der Waals surface area contributed by atoms with Crippen molar-refractivity contribution in [3.05, 3.63) is 77.5 Å². The highest BCUT2D eigenvalue weighted by atomic mass is 19.4. The number of benzene rings is 2. The summed E-state index contributed by atoms with van der Waals surface area (Å²) in [6, 6.07) is 16.7. The third-order valence-electron chi connectivity index (χ3n) is 6.70. The van der Waals surface area contributed by atoms with Crippen molar-refractivity contribution in [1.29, 1.82) is 0 Å². The van der Waals surface area contributed by atoms with Gasteiger partial charge >= 0.3 is 6.18 Å². The minimum absolute atomic E-state index is 0.404. The number of aliphatic hydroxyl groups is 2. The number of rotatable bonds is 6. The molecule has 2 heterocycles. The van der Waals surface area contributed by atoms with Crippen LogP contribution in [0.1, 0.15) is 35.8 Å². The largest absolute Gasteiger partial charge is 0.416 e. The van der Waals surface area contributed by atoms with Crippen molar-refractivity contribution in [2.45, 2.75) is 31.7 Å². The third kappa shape index (κ3) is 5.34. The Labute approximate surface area is 202 Å². The van der Waals surface area contributed by atoms with Crippen LogP contribution in [-0.2, 0) is 12.7 Å². The summed E-state index contributed by atoms with van der Waals surface area (Å²) < 4.78 is 39.3. The molecule has 1 fully saturated rings. The number of anilines is 2. The van der Waals surface area contributed by atoms with E-state index >= 15 is 0 Å². The number of pyridine rings is 1. The van der Waals surface area contributed by atoms with Gasteiger partial charge in [0, 0.05) is 43.1 Å². The van der Waals surface area contributed by atoms with Gasteiger partial charge in [0.1, 0.15) is 6.10 Å². The van der Waals surface area contributed by atoms with E-state index in [9.17, 15) is 23.4 Å². The van der Waals surface area contributed by atoms with Crippen LogP contribution in [0.4, 0.5) is 24.5 Å². The van der Waals surface area contributed by atoms with Crippen LogP contribution in [0.5, 0.6) is 0 Å². The summed E-state index contributed by atoms with van der Waals surface area (Å²) in [5.74, 6) is 0.720. The average molecular weight is 484 g/mol. The first-order chi connectivity index (χ1) is 16.8. The van der Waals surface area contributed by atoms with Crippen molar-refractivity contribution in [3.63, 3.8) is 0 Å². The summed E-state index contributed by atoms with van der Waals surface area (Å²) in [6.45, 7) is 2.86. The van der Waals surface area contributed by atoms with Crippen molar-refractivity contribution >= 4 is 11.4 Å². The van der Waals surface area contributed by atoms with Gasteiger partial charge in [0.2, 0.25) is 0 Å². The molecular weight excluding hydrogens is 455 g/mol. The molecular formula is C27H28F3N3O2. The summed E-state index contributed by atoms with van der Waals surface area (Å²) in [5, 5.41) is 19.3. The summed E-state index contributed by atoms with van der Waals surface area (Å²) in [4.78, 5) is 9.04. The molecule has 1 atom stereocenters. The molecule has 5 nitrogen and oxygen atoms in total. The lowest BCUT2D eigenvalue weighted by molar-refractivity contribution is -0.137. The summed E-state index contributed by atoms with van der Waals surface area (Å²) in [6.07, 6.45) is -2.91. The van der Waals surface area contributed by atoms with Crippen molar-refractivity contribution < 1.29 is 23.4 Å². The fourth-order valence-electron chi connectivity index (χ4n) is 4.63. The Morgan fingerprint density at radius 3 is 2.46 bits per heavy atom. The van der Waals surface area contributed by atoms with E-state index in [-0.39, 0.29) is 0 Å². The van der Waals surface area contributed by atoms with Gasteiger partial charge in [-0.1, -0.05) is 12.1 Å². The highest BCUT2D eigenvalue weighted by Gasteiger charge is 2.31. The van der Waals surface area contributed by atoms with Gasteiger partial charge in [0.15, 0.2) is 0 Å². The van der Waals surface area contributed by atoms with E-state index in [4.69, 9.17) is 0 Å². The normalized spacial score (nSPS) is 17.7. The van der Waals surface area contributed by atoms with Crippen molar-refractivity contribution in [1.82, 2.24) is 9.88 Å². The second kappa shape index (κ2) is 9.60. The number of aliphatic hydroxyl groups excluding tert-OH is 2. The number of nitrogens with zero attached hydrogens (tertiary/aromatic N) is 3. The minimum Gasteiger partial charge on any atom is -0.393 e. The standard InChI is InChI=1S/C27H28F3N3O2/c28-27(29,30)21-7-9-22(10-8-21)33-13-12-32(15-18-4-5-18)16-20-14-19(6-11-25(20)33)23-2-1-3-24(31-23)26(35)17-34/h1-3,6-11,14,18,26,34-35H,4-5,12-13,15-17H2. The number of aromatic nitrogens is 1. The van der Waals surface area contributed by atoms with Gasteiger partial charge in [-0.15, -0.1) is 0 Å². The van der Waals surface area contributed by atoms with Crippen LogP contribution in [0.2, 0.25) is 0 Å². The highest BCUT2D eigenvalue weighted by molar-refractivity contribution is 5.72. The third-order valence-corrected chi connectivity index (χ3v) is 6.70. The fourth-order valence-corrected chi connectivity index (χ4v) is 4.63. The maximum Gasteiger partial charge on any atom is 0.416 e. The van der Waals surface area contributed by atoms with Gasteiger partial charge in [0.25, 0.3) is 0 Å². The lowest BCUT2D eigenvalue weighted by atomic mass is 10.0. The Morgan fingerprint density at radius 2 is 1.77 bits per heavy atom. The van der Waals surface area contributed by atoms with Crippen molar-refractivity contribution in [2.75, 3.05) is 31.1 Å². The first-order valence-corrected chi connectivity index (χ1v) is 11.9. The monoisotopic (exact) mass is 483 g/mol. The molecule has 8 heteroatoms. The zero-order chi connectivity index (χ0) is 24.6. The SMILES string of the molecule is OCC(O)c1cccc(-c2ccc3c(c2)CN(CC2CC2)CCN3c2ccc(C(F)(F)F)cc2)n1. The van der Waals surface area contributed by atoms with E-state index in [1.165, 1.54) is 12.8 Å². The lowest BCUT2D eigenvalue weighted by Gasteiger charge is -2.26. The Morgan fingerprint density at radius 1 is 1.00 bits per heavy atom. The number of fused-ring (bicyclic) bond motifs is 1. The maximum absolute atomic E-state index is 13.1. The van der Waals surface area contributed by atoms with E-state index < -0.39 is 24.5 Å². The van der Waals surface area contributed by atoms with E-state index in [1.54, 1.807) is 24.3 Å². The van der Waals surface area contributed by atoms with Crippen LogP contribution in [0.15, 0.2) is 60.7 Å². The van der Waals surface area contributed by atoms with Crippen molar-refractivity contribution in [3.8, 4) is 11.3 Å². The number of hydrogen-bond donors (Lipinski definition) is 2. The smallest absolute Gasteiger partial charge is 0.393 e. The molecule has 0 bridgehead atoms. The van der Waals surface area contributed by atoms with Crippen LogP contribution in [0.25, 0.3) is 11.3 Å². The second-order valence-corrected chi connectivity index (χ2v) is 9.36. The molecule has 2 aliphatic rings. The van der Waals surface area contributed by atoms with E-state index in [2.05, 4.69) is 20.9 Å². The fraction of sp³-hybridized carbons (Fsp3) is 0.370. The molecule has 1 unspecified atom stereocenters. The Bertz CT molecular complexity index is 1180. The van der Waals surface area contributed by atoms with E-state index in [0.29, 0.717) is 17.9 Å². The van der Waals surface area contributed by atoms with Gasteiger partial charge < -0.3 is 15.1 Å². The van der Waals surface area contributed by atoms with Crippen LogP contribution in [0, 0.1) is 5.92 Å². The van der Waals surface area contributed by atoms with Gasteiger partial charge in [-0.3, -0.25) is 4.90 Å². The second-order valence-electron chi connectivity index (χ2n) is 9.36. The van der Waals surface area contributed by atoms with Crippen molar-refractivity contribution in [2.24, 2.45) is 5.92 Å². The summed E-state index contributed by atoms with van der Waals surface area (Å²) in [5.41, 5.74) is 4.10. The molecule has 1 aliphatic carbocycles. The van der Waals surface area contributed by atoms with Crippen LogP contribution in [0.3, 0.4) is 0 Å². The first-order valence-electron chi connectivity index (χ1n) is 11.9. The molecule has 5 rings (SSSR count). The number of halogens is 3.